The molecule has 0 fully saturated rings. The molecule has 0 aliphatic carbocycles. The van der Waals surface area contributed by atoms with Crippen molar-refractivity contribution in [1.29, 1.82) is 0 Å². The topological polar surface area (TPSA) is 84.5 Å². The van der Waals surface area contributed by atoms with Crippen LogP contribution < -0.4 is 10.6 Å². The summed E-state index contributed by atoms with van der Waals surface area (Å²) in [4.78, 5) is 35.0. The van der Waals surface area contributed by atoms with Crippen molar-refractivity contribution in [2.45, 2.75) is 26.3 Å². The molecule has 0 saturated carbocycles. The summed E-state index contributed by atoms with van der Waals surface area (Å²) in [5, 5.41) is 4.59. The van der Waals surface area contributed by atoms with Crippen molar-refractivity contribution in [3.8, 4) is 0 Å². The molecule has 1 atom stereocenters. The van der Waals surface area contributed by atoms with Crippen LogP contribution >= 0.6 is 11.6 Å². The maximum atomic E-state index is 13.1. The van der Waals surface area contributed by atoms with Gasteiger partial charge < -0.3 is 15.4 Å². The third-order valence-corrected chi connectivity index (χ3v) is 3.20. The fourth-order valence-electron chi connectivity index (χ4n) is 1.64. The number of carbonyl (C=O) groups excluding carboxylic acids is 3. The Bertz CT molecular complexity index is 640. The molecular weight excluding hydrogens is 346 g/mol. The molecule has 0 aromatic heterocycles. The predicted octanol–water partition coefficient (Wildman–Crippen LogP) is 1.81. The third kappa shape index (κ3) is 5.77. The van der Waals surface area contributed by atoms with Crippen LogP contribution in [-0.2, 0) is 14.3 Å². The summed E-state index contributed by atoms with van der Waals surface area (Å²) in [5.41, 5.74) is -0.405. The van der Waals surface area contributed by atoms with Gasteiger partial charge in [-0.25, -0.2) is 13.6 Å². The Morgan fingerprint density at radius 1 is 1.25 bits per heavy atom. The number of esters is 1. The van der Waals surface area contributed by atoms with Gasteiger partial charge >= 0.3 is 5.97 Å². The summed E-state index contributed by atoms with van der Waals surface area (Å²) in [6.07, 6.45) is 0.749. The van der Waals surface area contributed by atoms with Crippen molar-refractivity contribution >= 4 is 29.4 Å². The molecule has 1 aromatic rings. The quantitative estimate of drug-likeness (QED) is 0.572. The van der Waals surface area contributed by atoms with Crippen molar-refractivity contribution in [2.75, 3.05) is 13.2 Å². The molecule has 0 heterocycles. The first-order valence-electron chi connectivity index (χ1n) is 7.15. The maximum Gasteiger partial charge on any atom is 0.340 e. The molecule has 24 heavy (non-hydrogen) atoms. The molecule has 0 bridgehead atoms. The van der Waals surface area contributed by atoms with Gasteiger partial charge in [0.1, 0.15) is 6.04 Å². The normalized spacial score (nSPS) is 11.5. The fourth-order valence-corrected chi connectivity index (χ4v) is 1.87. The van der Waals surface area contributed by atoms with Crippen LogP contribution in [0, 0.1) is 11.6 Å². The Hall–Kier alpha value is -2.22. The van der Waals surface area contributed by atoms with Crippen LogP contribution in [0.2, 0.25) is 5.02 Å². The van der Waals surface area contributed by atoms with E-state index in [2.05, 4.69) is 15.4 Å². The first kappa shape index (κ1) is 19.8. The SMILES string of the molecule is CCCNC(=O)[C@H](C)NC(=O)COC(=O)c1cc(F)c(F)cc1Cl. The van der Waals surface area contributed by atoms with Crippen molar-refractivity contribution < 1.29 is 27.9 Å². The van der Waals surface area contributed by atoms with Gasteiger partial charge in [0.25, 0.3) is 5.91 Å². The zero-order chi connectivity index (χ0) is 18.3. The number of rotatable bonds is 7. The first-order chi connectivity index (χ1) is 11.3. The van der Waals surface area contributed by atoms with E-state index < -0.39 is 41.7 Å². The average Bonchev–Trinajstić information content (AvgIpc) is 2.53. The van der Waals surface area contributed by atoms with Crippen molar-refractivity contribution in [3.63, 3.8) is 0 Å². The molecule has 1 aromatic carbocycles. The molecule has 0 radical (unpaired) electrons. The minimum absolute atomic E-state index is 0.341. The Kier molecular flexibility index (Phi) is 7.57. The molecule has 132 valence electrons. The highest BCUT2D eigenvalue weighted by Gasteiger charge is 2.19. The zero-order valence-electron chi connectivity index (χ0n) is 13.1. The van der Waals surface area contributed by atoms with Gasteiger partial charge in [0.05, 0.1) is 10.6 Å². The minimum Gasteiger partial charge on any atom is -0.452 e. The predicted molar refractivity (Wildman–Crippen MR) is 82.6 cm³/mol. The van der Waals surface area contributed by atoms with E-state index in [1.54, 1.807) is 0 Å². The van der Waals surface area contributed by atoms with Gasteiger partial charge in [-0.2, -0.15) is 0 Å². The smallest absolute Gasteiger partial charge is 0.340 e. The lowest BCUT2D eigenvalue weighted by Gasteiger charge is -2.14. The van der Waals surface area contributed by atoms with E-state index in [9.17, 15) is 23.2 Å². The summed E-state index contributed by atoms with van der Waals surface area (Å²) in [7, 11) is 0. The van der Waals surface area contributed by atoms with Crippen molar-refractivity contribution in [3.05, 3.63) is 34.4 Å². The van der Waals surface area contributed by atoms with E-state index >= 15 is 0 Å². The van der Waals surface area contributed by atoms with Gasteiger partial charge in [-0.05, 0) is 25.5 Å². The number of ether oxygens (including phenoxy) is 1. The second-order valence-electron chi connectivity index (χ2n) is 4.90. The molecule has 0 aliphatic rings. The average molecular weight is 363 g/mol. The monoisotopic (exact) mass is 362 g/mol. The highest BCUT2D eigenvalue weighted by Crippen LogP contribution is 2.20. The number of halogens is 3. The van der Waals surface area contributed by atoms with Crippen LogP contribution in [0.5, 0.6) is 0 Å². The van der Waals surface area contributed by atoms with Gasteiger partial charge in [-0.3, -0.25) is 9.59 Å². The number of hydrogen-bond donors (Lipinski definition) is 2. The second-order valence-corrected chi connectivity index (χ2v) is 5.31. The highest BCUT2D eigenvalue weighted by atomic mass is 35.5. The van der Waals surface area contributed by atoms with Crippen LogP contribution in [0.4, 0.5) is 8.78 Å². The molecule has 9 heteroatoms. The zero-order valence-corrected chi connectivity index (χ0v) is 13.9. The fraction of sp³-hybridized carbons (Fsp3) is 0.400. The lowest BCUT2D eigenvalue weighted by atomic mass is 10.2. The minimum atomic E-state index is -1.27. The lowest BCUT2D eigenvalue weighted by Crippen LogP contribution is -2.46. The summed E-state index contributed by atoms with van der Waals surface area (Å²) in [5.74, 6) is -4.66. The van der Waals surface area contributed by atoms with Crippen LogP contribution in [0.15, 0.2) is 12.1 Å². The Morgan fingerprint density at radius 3 is 2.50 bits per heavy atom. The molecular formula is C15H17ClF2N2O4. The number of benzene rings is 1. The molecule has 2 N–H and O–H groups in total. The summed E-state index contributed by atoms with van der Waals surface area (Å²) in [6, 6.07) is 0.404. The molecule has 0 unspecified atom stereocenters. The van der Waals surface area contributed by atoms with E-state index in [1.165, 1.54) is 6.92 Å². The van der Waals surface area contributed by atoms with Gasteiger partial charge in [-0.1, -0.05) is 18.5 Å². The van der Waals surface area contributed by atoms with Crippen LogP contribution in [0.3, 0.4) is 0 Å². The molecule has 0 aliphatic heterocycles. The van der Waals surface area contributed by atoms with Gasteiger partial charge in [0.2, 0.25) is 5.91 Å². The lowest BCUT2D eigenvalue weighted by molar-refractivity contribution is -0.130. The molecule has 0 spiro atoms. The van der Waals surface area contributed by atoms with Gasteiger partial charge in [0, 0.05) is 6.54 Å². The summed E-state index contributed by atoms with van der Waals surface area (Å²) in [6.45, 7) is 3.13. The summed E-state index contributed by atoms with van der Waals surface area (Å²) >= 11 is 5.63. The van der Waals surface area contributed by atoms with E-state index in [0.29, 0.717) is 18.7 Å². The van der Waals surface area contributed by atoms with E-state index in [4.69, 9.17) is 11.6 Å². The molecule has 6 nitrogen and oxygen atoms in total. The molecule has 1 rings (SSSR count). The highest BCUT2D eigenvalue weighted by molar-refractivity contribution is 6.33. The van der Waals surface area contributed by atoms with Gasteiger partial charge in [0.15, 0.2) is 18.2 Å². The number of amides is 2. The Morgan fingerprint density at radius 2 is 1.88 bits per heavy atom. The standard InChI is InChI=1S/C15H17ClF2N2O4/c1-3-4-19-14(22)8(2)20-13(21)7-24-15(23)9-5-11(17)12(18)6-10(9)16/h5-6,8H,3-4,7H2,1-2H3,(H,19,22)(H,20,21)/t8-/m0/s1. The molecule has 0 saturated heterocycles. The van der Waals surface area contributed by atoms with Crippen LogP contribution in [0.25, 0.3) is 0 Å². The van der Waals surface area contributed by atoms with E-state index in [0.717, 1.165) is 6.42 Å². The van der Waals surface area contributed by atoms with Gasteiger partial charge in [-0.15, -0.1) is 0 Å². The largest absolute Gasteiger partial charge is 0.452 e. The van der Waals surface area contributed by atoms with Crippen LogP contribution in [-0.4, -0.2) is 37.0 Å². The molecule has 2 amide bonds. The third-order valence-electron chi connectivity index (χ3n) is 2.88. The van der Waals surface area contributed by atoms with E-state index in [-0.39, 0.29) is 10.9 Å². The Labute approximate surface area is 142 Å². The number of nitrogens with one attached hydrogen (secondary N) is 2. The van der Waals surface area contributed by atoms with Crippen LogP contribution in [0.1, 0.15) is 30.6 Å². The van der Waals surface area contributed by atoms with E-state index in [1.807, 2.05) is 6.92 Å². The maximum absolute atomic E-state index is 13.1. The number of hydrogen-bond acceptors (Lipinski definition) is 4. The number of carbonyl (C=O) groups is 3. The Balaban J connectivity index is 2.54. The summed E-state index contributed by atoms with van der Waals surface area (Å²) < 4.78 is 30.7. The second kappa shape index (κ2) is 9.17. The first-order valence-corrected chi connectivity index (χ1v) is 7.52. The van der Waals surface area contributed by atoms with Crippen molar-refractivity contribution in [2.24, 2.45) is 0 Å². The van der Waals surface area contributed by atoms with Crippen molar-refractivity contribution in [1.82, 2.24) is 10.6 Å².